The molecule has 3 N–H and O–H groups in total. The smallest absolute Gasteiger partial charge is 0.246 e. The van der Waals surface area contributed by atoms with E-state index in [2.05, 4.69) is 20.9 Å². The van der Waals surface area contributed by atoms with Crippen molar-refractivity contribution in [2.24, 2.45) is 10.9 Å². The third-order valence-electron chi connectivity index (χ3n) is 4.31. The molecule has 0 bridgehead atoms. The fourth-order valence-corrected chi connectivity index (χ4v) is 2.77. The molecule has 29 heavy (non-hydrogen) atoms. The maximum Gasteiger partial charge on any atom is 0.246 e. The van der Waals surface area contributed by atoms with E-state index in [1.807, 2.05) is 6.92 Å². The van der Waals surface area contributed by atoms with Gasteiger partial charge in [0.25, 0.3) is 0 Å². The summed E-state index contributed by atoms with van der Waals surface area (Å²) in [7, 11) is 0. The Morgan fingerprint density at radius 2 is 1.97 bits per heavy atom. The molecular weight excluding hydrogens is 490 g/mol. The molecule has 1 aliphatic heterocycles. The van der Waals surface area contributed by atoms with E-state index in [0.29, 0.717) is 37.3 Å². The molecule has 1 amide bonds. The minimum Gasteiger partial charge on any atom is -0.381 e. The van der Waals surface area contributed by atoms with E-state index in [9.17, 15) is 9.18 Å². The molecule has 1 heterocycles. The minimum absolute atomic E-state index is 0. The molecule has 0 spiro atoms. The summed E-state index contributed by atoms with van der Waals surface area (Å²) in [4.78, 5) is 16.2. The Hall–Kier alpha value is -1.46. The lowest BCUT2D eigenvalue weighted by Gasteiger charge is -2.21. The highest BCUT2D eigenvalue weighted by atomic mass is 127. The highest BCUT2D eigenvalue weighted by molar-refractivity contribution is 14.0. The molecule has 0 atom stereocenters. The number of carbonyl (C=O) groups excluding carboxylic acids is 1. The normalized spacial score (nSPS) is 14.8. The van der Waals surface area contributed by atoms with Gasteiger partial charge in [-0.05, 0) is 56.4 Å². The number of amides is 1. The van der Waals surface area contributed by atoms with Crippen LogP contribution in [0.25, 0.3) is 0 Å². The summed E-state index contributed by atoms with van der Waals surface area (Å²) in [5, 5.41) is 8.99. The number of anilines is 1. The number of halogens is 2. The van der Waals surface area contributed by atoms with Crippen molar-refractivity contribution < 1.29 is 18.7 Å². The molecule has 0 aromatic heterocycles. The highest BCUT2D eigenvalue weighted by Gasteiger charge is 2.13. The molecule has 1 saturated heterocycles. The van der Waals surface area contributed by atoms with Gasteiger partial charge in [-0.25, -0.2) is 9.38 Å². The molecule has 164 valence electrons. The van der Waals surface area contributed by atoms with E-state index in [4.69, 9.17) is 9.47 Å². The number of nitrogens with zero attached hydrogens (tertiary/aromatic N) is 1. The van der Waals surface area contributed by atoms with Crippen LogP contribution in [0.4, 0.5) is 10.1 Å². The first-order valence-electron chi connectivity index (χ1n) is 9.90. The molecule has 0 aliphatic carbocycles. The fraction of sp³-hybridized carbons (Fsp3) is 0.600. The van der Waals surface area contributed by atoms with Gasteiger partial charge >= 0.3 is 0 Å². The Morgan fingerprint density at radius 1 is 1.24 bits per heavy atom. The van der Waals surface area contributed by atoms with Crippen LogP contribution in [0.2, 0.25) is 0 Å². The third kappa shape index (κ3) is 11.3. The third-order valence-corrected chi connectivity index (χ3v) is 4.31. The fourth-order valence-electron chi connectivity index (χ4n) is 2.77. The number of nitrogens with one attached hydrogen (secondary N) is 3. The summed E-state index contributed by atoms with van der Waals surface area (Å²) >= 11 is 0. The Balaban J connectivity index is 0.00000420. The largest absolute Gasteiger partial charge is 0.381 e. The van der Waals surface area contributed by atoms with Crippen LogP contribution >= 0.6 is 24.0 Å². The van der Waals surface area contributed by atoms with Crippen molar-refractivity contribution in [3.8, 4) is 0 Å². The maximum atomic E-state index is 12.9. The summed E-state index contributed by atoms with van der Waals surface area (Å²) in [6.45, 7) is 6.51. The number of hydrogen-bond acceptors (Lipinski definition) is 4. The number of benzene rings is 1. The number of guanidine groups is 1. The lowest BCUT2D eigenvalue weighted by Crippen LogP contribution is -2.38. The molecule has 2 rings (SSSR count). The summed E-state index contributed by atoms with van der Waals surface area (Å²) in [5.74, 6) is 0.594. The topological polar surface area (TPSA) is 84.0 Å². The van der Waals surface area contributed by atoms with Crippen LogP contribution in [-0.4, -0.2) is 57.9 Å². The minimum atomic E-state index is -0.341. The molecular formula is C20H32FIN4O3. The van der Waals surface area contributed by atoms with Gasteiger partial charge in [-0.3, -0.25) is 4.79 Å². The van der Waals surface area contributed by atoms with Crippen LogP contribution in [0, 0.1) is 11.7 Å². The predicted molar refractivity (Wildman–Crippen MR) is 123 cm³/mol. The van der Waals surface area contributed by atoms with Crippen molar-refractivity contribution in [2.75, 3.05) is 51.4 Å². The average molecular weight is 522 g/mol. The standard InChI is InChI=1S/C20H31FN4O3.HI/c1-2-22-20(23-10-3-11-28-15-16-8-12-27-13-9-16)24-14-19(26)25-18-6-4-17(21)5-7-18;/h4-7,16H,2-3,8-15H2,1H3,(H,25,26)(H2,22,23,24);1H. The second kappa shape index (κ2) is 15.4. The summed E-state index contributed by atoms with van der Waals surface area (Å²) in [6.07, 6.45) is 3.01. The zero-order valence-electron chi connectivity index (χ0n) is 16.9. The zero-order valence-corrected chi connectivity index (χ0v) is 19.2. The van der Waals surface area contributed by atoms with Gasteiger partial charge in [0.05, 0.1) is 0 Å². The molecule has 1 aromatic rings. The molecule has 1 aromatic carbocycles. The van der Waals surface area contributed by atoms with Gasteiger partial charge in [0, 0.05) is 45.2 Å². The monoisotopic (exact) mass is 522 g/mol. The number of carbonyl (C=O) groups is 1. The van der Waals surface area contributed by atoms with Crippen LogP contribution in [0.1, 0.15) is 26.2 Å². The van der Waals surface area contributed by atoms with Gasteiger partial charge in [-0.1, -0.05) is 0 Å². The van der Waals surface area contributed by atoms with Crippen LogP contribution in [0.5, 0.6) is 0 Å². The predicted octanol–water partition coefficient (Wildman–Crippen LogP) is 2.77. The first-order valence-corrected chi connectivity index (χ1v) is 9.90. The van der Waals surface area contributed by atoms with Gasteiger partial charge in [0.2, 0.25) is 5.91 Å². The van der Waals surface area contributed by atoms with Gasteiger partial charge in [-0.2, -0.15) is 0 Å². The number of aliphatic imine (C=N–C) groups is 1. The van der Waals surface area contributed by atoms with E-state index in [0.717, 1.165) is 39.1 Å². The Morgan fingerprint density at radius 3 is 2.66 bits per heavy atom. The number of hydrogen-bond donors (Lipinski definition) is 3. The molecule has 9 heteroatoms. The maximum absolute atomic E-state index is 12.9. The second-order valence-electron chi connectivity index (χ2n) is 6.66. The van der Waals surface area contributed by atoms with Gasteiger partial charge < -0.3 is 25.4 Å². The summed E-state index contributed by atoms with van der Waals surface area (Å²) in [6, 6.07) is 5.63. The van der Waals surface area contributed by atoms with Crippen LogP contribution in [0.3, 0.4) is 0 Å². The summed E-state index contributed by atoms with van der Waals surface area (Å²) in [5.41, 5.74) is 0.543. The van der Waals surface area contributed by atoms with Crippen molar-refractivity contribution in [3.63, 3.8) is 0 Å². The van der Waals surface area contributed by atoms with Crippen molar-refractivity contribution >= 4 is 41.5 Å². The van der Waals surface area contributed by atoms with E-state index in [1.54, 1.807) is 0 Å². The van der Waals surface area contributed by atoms with E-state index in [1.165, 1.54) is 24.3 Å². The molecule has 0 radical (unpaired) electrons. The van der Waals surface area contributed by atoms with Crippen molar-refractivity contribution in [1.82, 2.24) is 10.6 Å². The number of rotatable bonds is 10. The van der Waals surface area contributed by atoms with Crippen LogP contribution in [0.15, 0.2) is 29.3 Å². The Kier molecular flexibility index (Phi) is 13.6. The van der Waals surface area contributed by atoms with Crippen molar-refractivity contribution in [3.05, 3.63) is 30.1 Å². The SMILES string of the molecule is CCNC(=NCC(=O)Nc1ccc(F)cc1)NCCCOCC1CCOCC1.I. The lowest BCUT2D eigenvalue weighted by molar-refractivity contribution is -0.114. The lowest BCUT2D eigenvalue weighted by atomic mass is 10.0. The van der Waals surface area contributed by atoms with E-state index < -0.39 is 0 Å². The molecule has 1 aliphatic rings. The molecule has 7 nitrogen and oxygen atoms in total. The van der Waals surface area contributed by atoms with Crippen molar-refractivity contribution in [2.45, 2.75) is 26.2 Å². The van der Waals surface area contributed by atoms with E-state index >= 15 is 0 Å². The average Bonchev–Trinajstić information content (AvgIpc) is 2.71. The van der Waals surface area contributed by atoms with E-state index in [-0.39, 0.29) is 42.2 Å². The molecule has 0 saturated carbocycles. The van der Waals surface area contributed by atoms with Crippen LogP contribution in [-0.2, 0) is 14.3 Å². The summed E-state index contributed by atoms with van der Waals surface area (Å²) < 4.78 is 24.0. The van der Waals surface area contributed by atoms with Gasteiger partial charge in [-0.15, -0.1) is 24.0 Å². The first kappa shape index (κ1) is 25.6. The van der Waals surface area contributed by atoms with Crippen LogP contribution < -0.4 is 16.0 Å². The number of ether oxygens (including phenoxy) is 2. The highest BCUT2D eigenvalue weighted by Crippen LogP contribution is 2.14. The van der Waals surface area contributed by atoms with Gasteiger partial charge in [0.15, 0.2) is 5.96 Å². The first-order chi connectivity index (χ1) is 13.7. The Labute approximate surface area is 189 Å². The molecule has 0 unspecified atom stereocenters. The Bertz CT molecular complexity index is 610. The quantitative estimate of drug-likeness (QED) is 0.191. The van der Waals surface area contributed by atoms with Gasteiger partial charge in [0.1, 0.15) is 12.4 Å². The van der Waals surface area contributed by atoms with Crippen molar-refractivity contribution in [1.29, 1.82) is 0 Å². The second-order valence-corrected chi connectivity index (χ2v) is 6.66. The molecule has 1 fully saturated rings. The zero-order chi connectivity index (χ0) is 20.0.